The lowest BCUT2D eigenvalue weighted by Gasteiger charge is -2.35. The van der Waals surface area contributed by atoms with E-state index < -0.39 is 0 Å². The van der Waals surface area contributed by atoms with Gasteiger partial charge in [-0.1, -0.05) is 30.3 Å². The zero-order valence-electron chi connectivity index (χ0n) is 15.4. The van der Waals surface area contributed by atoms with Gasteiger partial charge in [-0.3, -0.25) is 14.8 Å². The highest BCUT2D eigenvalue weighted by molar-refractivity contribution is 5.95. The number of aromatic nitrogens is 2. The number of aromatic amines is 1. The van der Waals surface area contributed by atoms with E-state index in [1.807, 2.05) is 20.8 Å². The minimum atomic E-state index is -0.119. The van der Waals surface area contributed by atoms with Crippen LogP contribution in [-0.4, -0.2) is 40.1 Å². The normalized spacial score (nSPS) is 17.4. The molecule has 0 unspecified atom stereocenters. The third-order valence-electron chi connectivity index (χ3n) is 5.32. The van der Waals surface area contributed by atoms with Crippen LogP contribution in [-0.2, 0) is 11.2 Å². The number of amides is 1. The number of anilines is 1. The van der Waals surface area contributed by atoms with Crippen molar-refractivity contribution < 1.29 is 4.79 Å². The molecule has 2 aromatic rings. The maximum atomic E-state index is 12.6. The van der Waals surface area contributed by atoms with E-state index >= 15 is 0 Å². The molecule has 0 saturated carbocycles. The number of aryl methyl sites for hydroxylation is 2. The molecular formula is C20H28N4O. The first-order chi connectivity index (χ1) is 12.0. The largest absolute Gasteiger partial charge is 0.322 e. The number of carbonyl (C=O) groups excluding carboxylic acids is 1. The molecule has 134 valence electrons. The van der Waals surface area contributed by atoms with Crippen LogP contribution in [0.3, 0.4) is 0 Å². The molecule has 1 aliphatic rings. The lowest BCUT2D eigenvalue weighted by molar-refractivity contribution is -0.121. The first-order valence-corrected chi connectivity index (χ1v) is 9.15. The molecule has 5 nitrogen and oxygen atoms in total. The van der Waals surface area contributed by atoms with Crippen molar-refractivity contribution in [2.24, 2.45) is 5.92 Å². The SMILES string of the molecule is Cc1n[nH]c(C)c1NC(=O)[C@H](C)N1CCC(Cc2ccccc2)CC1. The van der Waals surface area contributed by atoms with Gasteiger partial charge < -0.3 is 5.32 Å². The Labute approximate surface area is 149 Å². The molecule has 1 atom stereocenters. The molecule has 0 radical (unpaired) electrons. The van der Waals surface area contributed by atoms with Crippen LogP contribution in [0, 0.1) is 19.8 Å². The summed E-state index contributed by atoms with van der Waals surface area (Å²) in [6, 6.07) is 10.6. The second kappa shape index (κ2) is 7.83. The Kier molecular flexibility index (Phi) is 5.53. The van der Waals surface area contributed by atoms with Gasteiger partial charge in [0.05, 0.1) is 23.1 Å². The predicted molar refractivity (Wildman–Crippen MR) is 101 cm³/mol. The Morgan fingerprint density at radius 1 is 1.28 bits per heavy atom. The van der Waals surface area contributed by atoms with Gasteiger partial charge in [0, 0.05) is 0 Å². The zero-order chi connectivity index (χ0) is 17.8. The Balaban J connectivity index is 1.51. The second-order valence-electron chi connectivity index (χ2n) is 7.14. The molecule has 0 spiro atoms. The van der Waals surface area contributed by atoms with Gasteiger partial charge in [-0.15, -0.1) is 0 Å². The van der Waals surface area contributed by atoms with Crippen LogP contribution >= 0.6 is 0 Å². The van der Waals surface area contributed by atoms with Crippen molar-refractivity contribution in [3.8, 4) is 0 Å². The number of piperidine rings is 1. The molecule has 5 heteroatoms. The Morgan fingerprint density at radius 3 is 2.56 bits per heavy atom. The zero-order valence-corrected chi connectivity index (χ0v) is 15.4. The highest BCUT2D eigenvalue weighted by atomic mass is 16.2. The van der Waals surface area contributed by atoms with Gasteiger partial charge in [0.15, 0.2) is 0 Å². The lowest BCUT2D eigenvalue weighted by Crippen LogP contribution is -2.46. The number of H-pyrrole nitrogens is 1. The summed E-state index contributed by atoms with van der Waals surface area (Å²) in [7, 11) is 0. The molecule has 0 aliphatic carbocycles. The fraction of sp³-hybridized carbons (Fsp3) is 0.500. The van der Waals surface area contributed by atoms with E-state index in [4.69, 9.17) is 0 Å². The molecule has 25 heavy (non-hydrogen) atoms. The smallest absolute Gasteiger partial charge is 0.241 e. The molecule has 2 heterocycles. The summed E-state index contributed by atoms with van der Waals surface area (Å²) in [5.74, 6) is 0.765. The van der Waals surface area contributed by atoms with Crippen LogP contribution in [0.25, 0.3) is 0 Å². The topological polar surface area (TPSA) is 61.0 Å². The van der Waals surface area contributed by atoms with E-state index in [9.17, 15) is 4.79 Å². The quantitative estimate of drug-likeness (QED) is 0.878. The average molecular weight is 340 g/mol. The van der Waals surface area contributed by atoms with E-state index in [0.29, 0.717) is 5.92 Å². The van der Waals surface area contributed by atoms with Crippen molar-refractivity contribution >= 4 is 11.6 Å². The highest BCUT2D eigenvalue weighted by Crippen LogP contribution is 2.24. The van der Waals surface area contributed by atoms with Crippen molar-refractivity contribution in [3.05, 3.63) is 47.3 Å². The van der Waals surface area contributed by atoms with Gasteiger partial charge in [-0.05, 0) is 64.6 Å². The highest BCUT2D eigenvalue weighted by Gasteiger charge is 2.27. The standard InChI is InChI=1S/C20H28N4O/c1-14-19(15(2)23-22-14)21-20(25)16(3)24-11-9-18(10-12-24)13-17-7-5-4-6-8-17/h4-8,16,18H,9-13H2,1-3H3,(H,21,25)(H,22,23)/t16-/m0/s1. The van der Waals surface area contributed by atoms with Crippen LogP contribution in [0.15, 0.2) is 30.3 Å². The van der Waals surface area contributed by atoms with E-state index in [2.05, 4.69) is 50.7 Å². The average Bonchev–Trinajstić information content (AvgIpc) is 2.94. The number of likely N-dealkylation sites (tertiary alicyclic amines) is 1. The molecule has 1 aromatic heterocycles. The minimum Gasteiger partial charge on any atom is -0.322 e. The Morgan fingerprint density at radius 2 is 1.96 bits per heavy atom. The maximum Gasteiger partial charge on any atom is 0.241 e. The summed E-state index contributed by atoms with van der Waals surface area (Å²) in [4.78, 5) is 14.9. The Bertz CT molecular complexity index is 682. The van der Waals surface area contributed by atoms with Crippen LogP contribution < -0.4 is 5.32 Å². The van der Waals surface area contributed by atoms with E-state index in [1.165, 1.54) is 5.56 Å². The summed E-state index contributed by atoms with van der Waals surface area (Å²) in [6.45, 7) is 7.79. The van der Waals surface area contributed by atoms with Crippen LogP contribution in [0.2, 0.25) is 0 Å². The number of hydrogen-bond donors (Lipinski definition) is 2. The van der Waals surface area contributed by atoms with Crippen LogP contribution in [0.4, 0.5) is 5.69 Å². The number of nitrogens with zero attached hydrogens (tertiary/aromatic N) is 2. The summed E-state index contributed by atoms with van der Waals surface area (Å²) < 4.78 is 0. The number of rotatable bonds is 5. The summed E-state index contributed by atoms with van der Waals surface area (Å²) in [5.41, 5.74) is 3.97. The van der Waals surface area contributed by atoms with Crippen molar-refractivity contribution in [1.29, 1.82) is 0 Å². The van der Waals surface area contributed by atoms with Gasteiger partial charge in [-0.25, -0.2) is 0 Å². The molecule has 1 aromatic carbocycles. The van der Waals surface area contributed by atoms with E-state index in [-0.39, 0.29) is 11.9 Å². The second-order valence-corrected chi connectivity index (χ2v) is 7.14. The molecule has 1 aliphatic heterocycles. The van der Waals surface area contributed by atoms with Gasteiger partial charge in [-0.2, -0.15) is 5.10 Å². The predicted octanol–water partition coefficient (Wildman–Crippen LogP) is 3.31. The van der Waals surface area contributed by atoms with Crippen LogP contribution in [0.5, 0.6) is 0 Å². The minimum absolute atomic E-state index is 0.0501. The fourth-order valence-electron chi connectivity index (χ4n) is 3.62. The molecule has 3 rings (SSSR count). The van der Waals surface area contributed by atoms with Gasteiger partial charge in [0.2, 0.25) is 5.91 Å². The van der Waals surface area contributed by atoms with Gasteiger partial charge >= 0.3 is 0 Å². The first kappa shape index (κ1) is 17.7. The molecule has 1 amide bonds. The third kappa shape index (κ3) is 4.28. The van der Waals surface area contributed by atoms with Gasteiger partial charge in [0.25, 0.3) is 0 Å². The summed E-state index contributed by atoms with van der Waals surface area (Å²) in [6.07, 6.45) is 3.44. The Hall–Kier alpha value is -2.14. The van der Waals surface area contributed by atoms with Crippen molar-refractivity contribution in [1.82, 2.24) is 15.1 Å². The number of nitrogens with one attached hydrogen (secondary N) is 2. The first-order valence-electron chi connectivity index (χ1n) is 9.15. The number of benzene rings is 1. The molecule has 2 N–H and O–H groups in total. The monoisotopic (exact) mass is 340 g/mol. The molecular weight excluding hydrogens is 312 g/mol. The van der Waals surface area contributed by atoms with Crippen LogP contribution in [0.1, 0.15) is 36.7 Å². The maximum absolute atomic E-state index is 12.6. The van der Waals surface area contributed by atoms with Crippen molar-refractivity contribution in [3.63, 3.8) is 0 Å². The van der Waals surface area contributed by atoms with Gasteiger partial charge in [0.1, 0.15) is 0 Å². The number of carbonyl (C=O) groups is 1. The van der Waals surface area contributed by atoms with E-state index in [1.54, 1.807) is 0 Å². The lowest BCUT2D eigenvalue weighted by atomic mass is 9.89. The molecule has 0 bridgehead atoms. The fourth-order valence-corrected chi connectivity index (χ4v) is 3.62. The summed E-state index contributed by atoms with van der Waals surface area (Å²) >= 11 is 0. The van der Waals surface area contributed by atoms with E-state index in [0.717, 1.165) is 49.4 Å². The molecule has 1 saturated heterocycles. The summed E-state index contributed by atoms with van der Waals surface area (Å²) in [5, 5.41) is 10.1. The van der Waals surface area contributed by atoms with Crippen molar-refractivity contribution in [2.45, 2.75) is 46.1 Å². The third-order valence-corrected chi connectivity index (χ3v) is 5.32. The van der Waals surface area contributed by atoms with Crippen molar-refractivity contribution in [2.75, 3.05) is 18.4 Å². The number of hydrogen-bond acceptors (Lipinski definition) is 3. The molecule has 1 fully saturated rings.